The Bertz CT molecular complexity index is 3060. The molecule has 70 heavy (non-hydrogen) atoms. The number of hydrogen-bond acceptors (Lipinski definition) is 13. The van der Waals surface area contributed by atoms with E-state index in [1.54, 1.807) is 43.5 Å². The number of piperazine rings is 1. The smallest absolute Gasteiger partial charge is 0.416 e. The minimum Gasteiger partial charge on any atom is -0.455 e. The number of alkyl halides is 3. The molecule has 374 valence electrons. The summed E-state index contributed by atoms with van der Waals surface area (Å²) >= 11 is 0. The standard InChI is InChI=1S/C48H55F3N8O9S2/c1-5-69(63,64)58-20-21-67-37(30-58)28-53-42-11-8-38(25-43(42)59(61)62)70(65,66)55-46(60)40-10-7-35(24-44(40)68-36-23-32-13-15-52-45(32)54-27-36)57-18-16-56(17-19-57)29-33-12-14-47(3,4)26-41(33)39-9-6-34(22-31(39)2)48(49,50)51/h6-11,13,15,22-25,27,37,53H,5,12,14,16-21,26,28-30H2,1-4H3,(H,52,54)(H,55,60). The first-order valence-electron chi connectivity index (χ1n) is 22.9. The third-order valence-electron chi connectivity index (χ3n) is 13.1. The lowest BCUT2D eigenvalue weighted by Crippen LogP contribution is -2.48. The fourth-order valence-electron chi connectivity index (χ4n) is 9.18. The van der Waals surface area contributed by atoms with Crippen LogP contribution in [0.5, 0.6) is 11.5 Å². The van der Waals surface area contributed by atoms with Crippen molar-refractivity contribution < 1.29 is 49.2 Å². The van der Waals surface area contributed by atoms with Gasteiger partial charge in [0.2, 0.25) is 10.0 Å². The molecule has 2 aliphatic heterocycles. The fraction of sp³-hybridized carbons (Fsp3) is 0.417. The van der Waals surface area contributed by atoms with Gasteiger partial charge in [0, 0.05) is 81.8 Å². The molecule has 8 rings (SSSR count). The topological polar surface area (TPSA) is 209 Å². The first kappa shape index (κ1) is 50.3. The summed E-state index contributed by atoms with van der Waals surface area (Å²) in [6.07, 6.45) is 0.651. The van der Waals surface area contributed by atoms with Gasteiger partial charge in [0.15, 0.2) is 0 Å². The van der Waals surface area contributed by atoms with Crippen molar-refractivity contribution in [3.05, 3.63) is 117 Å². The number of rotatable bonds is 15. The highest BCUT2D eigenvalue weighted by atomic mass is 32.2. The largest absolute Gasteiger partial charge is 0.455 e. The van der Waals surface area contributed by atoms with E-state index >= 15 is 0 Å². The van der Waals surface area contributed by atoms with Crippen LogP contribution < -0.4 is 19.7 Å². The normalized spacial score (nSPS) is 18.5. The van der Waals surface area contributed by atoms with Gasteiger partial charge in [-0.05, 0) is 104 Å². The van der Waals surface area contributed by atoms with E-state index in [0.717, 1.165) is 54.0 Å². The highest BCUT2D eigenvalue weighted by molar-refractivity contribution is 7.90. The predicted molar refractivity (Wildman–Crippen MR) is 259 cm³/mol. The monoisotopic (exact) mass is 1010 g/mol. The number of carbonyl (C=O) groups excluding carboxylic acids is 1. The Morgan fingerprint density at radius 2 is 1.79 bits per heavy atom. The Balaban J connectivity index is 0.993. The minimum absolute atomic E-state index is 0.00627. The number of fused-ring (bicyclic) bond motifs is 1. The van der Waals surface area contributed by atoms with Gasteiger partial charge in [-0.25, -0.2) is 26.5 Å². The van der Waals surface area contributed by atoms with E-state index in [1.165, 1.54) is 41.2 Å². The zero-order valence-electron chi connectivity index (χ0n) is 39.1. The summed E-state index contributed by atoms with van der Waals surface area (Å²) in [6.45, 7) is 11.1. The fourth-order valence-corrected chi connectivity index (χ4v) is 11.3. The van der Waals surface area contributed by atoms with Gasteiger partial charge in [-0.1, -0.05) is 25.5 Å². The quantitative estimate of drug-likeness (QED) is 0.0673. The van der Waals surface area contributed by atoms with E-state index in [0.29, 0.717) is 49.6 Å². The lowest BCUT2D eigenvalue weighted by molar-refractivity contribution is -0.384. The number of hydrogen-bond donors (Lipinski definition) is 3. The number of ether oxygens (including phenoxy) is 2. The lowest BCUT2D eigenvalue weighted by Gasteiger charge is -2.39. The van der Waals surface area contributed by atoms with Crippen molar-refractivity contribution >= 4 is 59.6 Å². The number of morpholine rings is 1. The number of benzene rings is 3. The Hall–Kier alpha value is -6.07. The number of aromatic amines is 1. The van der Waals surface area contributed by atoms with Crippen molar-refractivity contribution in [1.29, 1.82) is 0 Å². The number of halogens is 3. The second kappa shape index (κ2) is 20.0. The number of nitro benzene ring substituents is 1. The summed E-state index contributed by atoms with van der Waals surface area (Å²) < 4.78 is 108. The molecule has 0 saturated carbocycles. The number of nitro groups is 1. The van der Waals surface area contributed by atoms with Crippen molar-refractivity contribution in [2.75, 3.05) is 74.9 Å². The van der Waals surface area contributed by atoms with Gasteiger partial charge in [0.05, 0.1) is 45.6 Å². The van der Waals surface area contributed by atoms with Crippen molar-refractivity contribution in [2.45, 2.75) is 64.1 Å². The van der Waals surface area contributed by atoms with E-state index in [4.69, 9.17) is 9.47 Å². The van der Waals surface area contributed by atoms with E-state index in [2.05, 4.69) is 38.9 Å². The number of nitrogens with one attached hydrogen (secondary N) is 3. The molecule has 5 aromatic rings. The number of carbonyl (C=O) groups is 1. The molecule has 2 fully saturated rings. The number of nitrogens with zero attached hydrogens (tertiary/aromatic N) is 5. The number of sulfonamides is 2. The van der Waals surface area contributed by atoms with Crippen LogP contribution in [-0.4, -0.2) is 118 Å². The molecule has 4 heterocycles. The molecule has 0 radical (unpaired) electrons. The first-order valence-corrected chi connectivity index (χ1v) is 26.0. The summed E-state index contributed by atoms with van der Waals surface area (Å²) in [4.78, 5) is 36.7. The molecule has 3 N–H and O–H groups in total. The molecular weight excluding hydrogens is 954 g/mol. The number of aryl methyl sites for hydroxylation is 1. The molecule has 17 nitrogen and oxygen atoms in total. The molecule has 1 aliphatic carbocycles. The first-order chi connectivity index (χ1) is 33.1. The lowest BCUT2D eigenvalue weighted by atomic mass is 9.72. The molecule has 2 saturated heterocycles. The predicted octanol–water partition coefficient (Wildman–Crippen LogP) is 7.96. The SMILES string of the molecule is CCS(=O)(=O)N1CCOC(CNc2ccc(S(=O)(=O)NC(=O)c3ccc(N4CCN(CC5=C(c6ccc(C(F)(F)F)cc6C)CC(C)(C)CC5)CC4)cc3Oc3cnc4[nH]ccc4c3)cc2[N+](=O)[O-])C1. The van der Waals surface area contributed by atoms with E-state index in [9.17, 15) is 44.9 Å². The Morgan fingerprint density at radius 3 is 2.50 bits per heavy atom. The van der Waals surface area contributed by atoms with Gasteiger partial charge in [-0.2, -0.15) is 17.5 Å². The van der Waals surface area contributed by atoms with Crippen LogP contribution in [0.2, 0.25) is 0 Å². The average molecular weight is 1010 g/mol. The minimum atomic E-state index is -4.71. The van der Waals surface area contributed by atoms with Crippen LogP contribution in [-0.2, 0) is 31.0 Å². The molecule has 0 spiro atoms. The van der Waals surface area contributed by atoms with Crippen LogP contribution in [0, 0.1) is 22.5 Å². The maximum atomic E-state index is 14.0. The van der Waals surface area contributed by atoms with E-state index in [-0.39, 0.29) is 60.2 Å². The summed E-state index contributed by atoms with van der Waals surface area (Å²) in [5.41, 5.74) is 3.61. The third kappa shape index (κ3) is 11.4. The zero-order chi connectivity index (χ0) is 50.2. The van der Waals surface area contributed by atoms with Crippen LogP contribution in [0.1, 0.15) is 67.1 Å². The molecule has 1 unspecified atom stereocenters. The van der Waals surface area contributed by atoms with Crippen LogP contribution in [0.4, 0.5) is 30.2 Å². The molecule has 1 amide bonds. The molecule has 0 bridgehead atoms. The Kier molecular flexibility index (Phi) is 14.4. The molecule has 1 atom stereocenters. The van der Waals surface area contributed by atoms with E-state index in [1.807, 2.05) is 4.72 Å². The molecule has 22 heteroatoms. The summed E-state index contributed by atoms with van der Waals surface area (Å²) in [5.74, 6) is -0.855. The van der Waals surface area contributed by atoms with Gasteiger partial charge in [0.25, 0.3) is 21.6 Å². The molecular formula is C48H55F3N8O9S2. The molecule has 3 aliphatic rings. The highest BCUT2D eigenvalue weighted by Crippen LogP contribution is 2.45. The van der Waals surface area contributed by atoms with Crippen molar-refractivity contribution in [1.82, 2.24) is 23.9 Å². The number of amides is 1. The molecule has 3 aromatic carbocycles. The Morgan fingerprint density at radius 1 is 1.01 bits per heavy atom. The number of aromatic nitrogens is 2. The van der Waals surface area contributed by atoms with Gasteiger partial charge in [-0.15, -0.1) is 0 Å². The summed E-state index contributed by atoms with van der Waals surface area (Å²) in [7, 11) is -8.19. The van der Waals surface area contributed by atoms with Crippen molar-refractivity contribution in [3.8, 4) is 11.5 Å². The number of H-pyrrole nitrogens is 1. The van der Waals surface area contributed by atoms with Crippen LogP contribution >= 0.6 is 0 Å². The van der Waals surface area contributed by atoms with Gasteiger partial charge in [-0.3, -0.25) is 19.8 Å². The second-order valence-corrected chi connectivity index (χ2v) is 22.5. The highest BCUT2D eigenvalue weighted by Gasteiger charge is 2.34. The van der Waals surface area contributed by atoms with Gasteiger partial charge in [0.1, 0.15) is 22.8 Å². The van der Waals surface area contributed by atoms with Crippen LogP contribution in [0.3, 0.4) is 0 Å². The average Bonchev–Trinajstić information content (AvgIpc) is 3.79. The van der Waals surface area contributed by atoms with Crippen molar-refractivity contribution in [2.24, 2.45) is 5.41 Å². The number of pyridine rings is 1. The van der Waals surface area contributed by atoms with Gasteiger partial charge < -0.3 is 24.7 Å². The van der Waals surface area contributed by atoms with Crippen molar-refractivity contribution in [3.63, 3.8) is 0 Å². The maximum absolute atomic E-state index is 14.0. The molecule has 2 aromatic heterocycles. The Labute approximate surface area is 404 Å². The third-order valence-corrected chi connectivity index (χ3v) is 16.3. The maximum Gasteiger partial charge on any atom is 0.416 e. The van der Waals surface area contributed by atoms with Crippen LogP contribution in [0.15, 0.2) is 89.6 Å². The summed E-state index contributed by atoms with van der Waals surface area (Å²) in [6, 6.07) is 15.4. The number of anilines is 2. The number of allylic oxidation sites excluding steroid dienone is 1. The van der Waals surface area contributed by atoms with Crippen LogP contribution in [0.25, 0.3) is 16.6 Å². The second-order valence-electron chi connectivity index (χ2n) is 18.6. The zero-order valence-corrected chi connectivity index (χ0v) is 40.8. The van der Waals surface area contributed by atoms with E-state index < -0.39 is 59.3 Å². The summed E-state index contributed by atoms with van der Waals surface area (Å²) in [5, 5.41) is 15.8. The van der Waals surface area contributed by atoms with Gasteiger partial charge >= 0.3 is 6.18 Å².